The van der Waals surface area contributed by atoms with E-state index in [4.69, 9.17) is 10.2 Å². The lowest BCUT2D eigenvalue weighted by Crippen LogP contribution is -2.29. The summed E-state index contributed by atoms with van der Waals surface area (Å²) in [5, 5.41) is 17.7. The summed E-state index contributed by atoms with van der Waals surface area (Å²) < 4.78 is 0. The zero-order chi connectivity index (χ0) is 11.1. The Balaban J connectivity index is 2.56. The van der Waals surface area contributed by atoms with Crippen molar-refractivity contribution in [2.24, 2.45) is 0 Å². The molecule has 0 aromatic heterocycles. The van der Waals surface area contributed by atoms with Gasteiger partial charge in [-0.2, -0.15) is 0 Å². The molecule has 0 aliphatic heterocycles. The monoisotopic (exact) mass is 209 g/mol. The maximum absolute atomic E-state index is 8.87. The van der Waals surface area contributed by atoms with Crippen LogP contribution < -0.4 is 0 Å². The molecule has 1 aromatic rings. The molecule has 15 heavy (non-hydrogen) atoms. The third-order valence-electron chi connectivity index (χ3n) is 2.32. The third-order valence-corrected chi connectivity index (χ3v) is 2.32. The molecule has 0 spiro atoms. The Kier molecular flexibility index (Phi) is 5.32. The summed E-state index contributed by atoms with van der Waals surface area (Å²) in [7, 11) is 0. The Morgan fingerprint density at radius 1 is 1.13 bits per heavy atom. The number of aryl methyl sites for hydroxylation is 1. The zero-order valence-electron chi connectivity index (χ0n) is 9.19. The van der Waals surface area contributed by atoms with E-state index in [9.17, 15) is 0 Å². The van der Waals surface area contributed by atoms with Gasteiger partial charge in [-0.25, -0.2) is 0 Å². The van der Waals surface area contributed by atoms with Gasteiger partial charge in [0.25, 0.3) is 0 Å². The highest BCUT2D eigenvalue weighted by molar-refractivity contribution is 5.22. The molecule has 3 nitrogen and oxygen atoms in total. The zero-order valence-corrected chi connectivity index (χ0v) is 9.19. The molecular weight excluding hydrogens is 190 g/mol. The van der Waals surface area contributed by atoms with Crippen LogP contribution in [0.2, 0.25) is 0 Å². The van der Waals surface area contributed by atoms with E-state index < -0.39 is 0 Å². The van der Waals surface area contributed by atoms with E-state index in [1.165, 1.54) is 11.1 Å². The average molecular weight is 209 g/mol. The molecule has 3 heteroatoms. The first kappa shape index (κ1) is 12.2. The van der Waals surface area contributed by atoms with Crippen molar-refractivity contribution < 1.29 is 10.2 Å². The molecule has 0 heterocycles. The fourth-order valence-corrected chi connectivity index (χ4v) is 1.62. The molecule has 0 aliphatic carbocycles. The Labute approximate surface area is 91.0 Å². The Morgan fingerprint density at radius 3 is 2.33 bits per heavy atom. The SMILES string of the molecule is Cc1cccc(CN(CCO)CCO)c1. The third kappa shape index (κ3) is 4.42. The van der Waals surface area contributed by atoms with Crippen LogP contribution in [0, 0.1) is 6.92 Å². The largest absolute Gasteiger partial charge is 0.395 e. The predicted molar refractivity (Wildman–Crippen MR) is 60.6 cm³/mol. The second-order valence-electron chi connectivity index (χ2n) is 3.71. The Bertz CT molecular complexity index is 283. The topological polar surface area (TPSA) is 43.7 Å². The van der Waals surface area contributed by atoms with Gasteiger partial charge in [0.2, 0.25) is 0 Å². The van der Waals surface area contributed by atoms with Crippen molar-refractivity contribution in [3.63, 3.8) is 0 Å². The van der Waals surface area contributed by atoms with Crippen LogP contribution in [-0.4, -0.2) is 41.4 Å². The summed E-state index contributed by atoms with van der Waals surface area (Å²) in [6.45, 7) is 4.31. The average Bonchev–Trinajstić information content (AvgIpc) is 2.18. The minimum atomic E-state index is 0.131. The maximum atomic E-state index is 8.87. The van der Waals surface area contributed by atoms with Crippen molar-refractivity contribution in [1.82, 2.24) is 4.90 Å². The number of aliphatic hydroxyl groups is 2. The quantitative estimate of drug-likeness (QED) is 0.727. The Morgan fingerprint density at radius 2 is 1.80 bits per heavy atom. The highest BCUT2D eigenvalue weighted by Gasteiger charge is 2.04. The highest BCUT2D eigenvalue weighted by atomic mass is 16.3. The fraction of sp³-hybridized carbons (Fsp3) is 0.500. The smallest absolute Gasteiger partial charge is 0.0558 e. The van der Waals surface area contributed by atoms with Crippen LogP contribution in [0.5, 0.6) is 0 Å². The molecule has 2 N–H and O–H groups in total. The van der Waals surface area contributed by atoms with E-state index in [1.54, 1.807) is 0 Å². The number of aliphatic hydroxyl groups excluding tert-OH is 2. The fourth-order valence-electron chi connectivity index (χ4n) is 1.62. The van der Waals surface area contributed by atoms with Crippen molar-refractivity contribution in [2.45, 2.75) is 13.5 Å². The number of rotatable bonds is 6. The van der Waals surface area contributed by atoms with Crippen molar-refractivity contribution >= 4 is 0 Å². The first-order valence-corrected chi connectivity index (χ1v) is 5.26. The minimum Gasteiger partial charge on any atom is -0.395 e. The van der Waals surface area contributed by atoms with Gasteiger partial charge in [-0.15, -0.1) is 0 Å². The van der Waals surface area contributed by atoms with Gasteiger partial charge in [-0.1, -0.05) is 29.8 Å². The van der Waals surface area contributed by atoms with Gasteiger partial charge < -0.3 is 10.2 Å². The lowest BCUT2D eigenvalue weighted by Gasteiger charge is -2.20. The summed E-state index contributed by atoms with van der Waals surface area (Å²) in [6, 6.07) is 8.28. The standard InChI is InChI=1S/C12H19NO2/c1-11-3-2-4-12(9-11)10-13(5-7-14)6-8-15/h2-4,9,14-15H,5-8,10H2,1H3. The van der Waals surface area contributed by atoms with Crippen LogP contribution in [0.25, 0.3) is 0 Å². The van der Waals surface area contributed by atoms with E-state index >= 15 is 0 Å². The molecule has 0 atom stereocenters. The number of hydrogen-bond donors (Lipinski definition) is 2. The van der Waals surface area contributed by atoms with E-state index in [2.05, 4.69) is 25.1 Å². The van der Waals surface area contributed by atoms with Crippen LogP contribution in [0.15, 0.2) is 24.3 Å². The van der Waals surface area contributed by atoms with Crippen LogP contribution in [-0.2, 0) is 6.54 Å². The van der Waals surface area contributed by atoms with Gasteiger partial charge in [0.05, 0.1) is 13.2 Å². The summed E-state index contributed by atoms with van der Waals surface area (Å²) in [4.78, 5) is 2.04. The predicted octanol–water partition coefficient (Wildman–Crippen LogP) is 0.782. The normalized spacial score (nSPS) is 10.9. The van der Waals surface area contributed by atoms with E-state index in [1.807, 2.05) is 11.0 Å². The van der Waals surface area contributed by atoms with E-state index in [0.29, 0.717) is 13.1 Å². The van der Waals surface area contributed by atoms with Crippen LogP contribution in [0.1, 0.15) is 11.1 Å². The molecule has 0 radical (unpaired) electrons. The second-order valence-corrected chi connectivity index (χ2v) is 3.71. The number of hydrogen-bond acceptors (Lipinski definition) is 3. The molecule has 0 bridgehead atoms. The number of nitrogens with zero attached hydrogens (tertiary/aromatic N) is 1. The van der Waals surface area contributed by atoms with Gasteiger partial charge >= 0.3 is 0 Å². The molecule has 0 aliphatic rings. The molecule has 0 saturated heterocycles. The summed E-state index contributed by atoms with van der Waals surface area (Å²) >= 11 is 0. The summed E-state index contributed by atoms with van der Waals surface area (Å²) in [5.41, 5.74) is 2.46. The first-order valence-electron chi connectivity index (χ1n) is 5.26. The van der Waals surface area contributed by atoms with Crippen molar-refractivity contribution in [3.05, 3.63) is 35.4 Å². The van der Waals surface area contributed by atoms with Crippen LogP contribution in [0.3, 0.4) is 0 Å². The van der Waals surface area contributed by atoms with E-state index in [0.717, 1.165) is 6.54 Å². The number of benzene rings is 1. The molecule has 1 rings (SSSR count). The lowest BCUT2D eigenvalue weighted by molar-refractivity contribution is 0.156. The molecule has 0 fully saturated rings. The van der Waals surface area contributed by atoms with Crippen molar-refractivity contribution in [1.29, 1.82) is 0 Å². The summed E-state index contributed by atoms with van der Waals surface area (Å²) in [5.74, 6) is 0. The minimum absolute atomic E-state index is 0.131. The van der Waals surface area contributed by atoms with Crippen molar-refractivity contribution in [2.75, 3.05) is 26.3 Å². The van der Waals surface area contributed by atoms with Crippen LogP contribution >= 0.6 is 0 Å². The van der Waals surface area contributed by atoms with Crippen LogP contribution in [0.4, 0.5) is 0 Å². The van der Waals surface area contributed by atoms with Gasteiger partial charge in [0, 0.05) is 19.6 Å². The molecule has 0 amide bonds. The summed E-state index contributed by atoms with van der Waals surface area (Å²) in [6.07, 6.45) is 0. The van der Waals surface area contributed by atoms with Gasteiger partial charge in [-0.3, -0.25) is 4.90 Å². The maximum Gasteiger partial charge on any atom is 0.0558 e. The van der Waals surface area contributed by atoms with E-state index in [-0.39, 0.29) is 13.2 Å². The molecule has 84 valence electrons. The highest BCUT2D eigenvalue weighted by Crippen LogP contribution is 2.07. The Hall–Kier alpha value is -0.900. The van der Waals surface area contributed by atoms with Crippen molar-refractivity contribution in [3.8, 4) is 0 Å². The first-order chi connectivity index (χ1) is 7.26. The lowest BCUT2D eigenvalue weighted by atomic mass is 10.1. The molecule has 0 saturated carbocycles. The van der Waals surface area contributed by atoms with Gasteiger partial charge in [0.1, 0.15) is 0 Å². The second kappa shape index (κ2) is 6.56. The van der Waals surface area contributed by atoms with Gasteiger partial charge in [0.15, 0.2) is 0 Å². The van der Waals surface area contributed by atoms with Gasteiger partial charge in [-0.05, 0) is 12.5 Å². The molecule has 1 aromatic carbocycles. The molecule has 0 unspecified atom stereocenters. The molecular formula is C12H19NO2.